The van der Waals surface area contributed by atoms with Crippen LogP contribution in [0.5, 0.6) is 0 Å². The van der Waals surface area contributed by atoms with E-state index in [2.05, 4.69) is 4.98 Å². The lowest BCUT2D eigenvalue weighted by atomic mass is 10.2. The molecule has 0 saturated carbocycles. The highest BCUT2D eigenvalue weighted by Gasteiger charge is 2.22. The van der Waals surface area contributed by atoms with E-state index in [-0.39, 0.29) is 25.4 Å². The number of anilines is 1. The van der Waals surface area contributed by atoms with Crippen molar-refractivity contribution in [3.8, 4) is 0 Å². The van der Waals surface area contributed by atoms with Crippen molar-refractivity contribution in [2.45, 2.75) is 20.5 Å². The van der Waals surface area contributed by atoms with Gasteiger partial charge in [0.1, 0.15) is 0 Å². The van der Waals surface area contributed by atoms with E-state index in [1.807, 2.05) is 0 Å². The molecule has 0 spiro atoms. The van der Waals surface area contributed by atoms with Gasteiger partial charge < -0.3 is 19.5 Å². The van der Waals surface area contributed by atoms with E-state index in [0.717, 1.165) is 0 Å². The zero-order chi connectivity index (χ0) is 16.5. The summed E-state index contributed by atoms with van der Waals surface area (Å²) in [4.78, 5) is 29.3. The maximum Gasteiger partial charge on any atom is 0.347 e. The van der Waals surface area contributed by atoms with Gasteiger partial charge in [-0.3, -0.25) is 4.98 Å². The fourth-order valence-corrected chi connectivity index (χ4v) is 1.59. The highest BCUT2D eigenvalue weighted by Crippen LogP contribution is 2.14. The second-order valence-electron chi connectivity index (χ2n) is 4.26. The van der Waals surface area contributed by atoms with Gasteiger partial charge in [0.05, 0.1) is 37.4 Å². The number of esters is 2. The largest absolute Gasteiger partial charge is 0.462 e. The second-order valence-corrected chi connectivity index (χ2v) is 4.26. The molecule has 0 aliphatic heterocycles. The van der Waals surface area contributed by atoms with Gasteiger partial charge in [-0.2, -0.15) is 0 Å². The fraction of sp³-hybridized carbons (Fsp3) is 0.400. The van der Waals surface area contributed by atoms with Crippen LogP contribution < -0.4 is 4.90 Å². The molecule has 1 heterocycles. The predicted octanol–water partition coefficient (Wildman–Crippen LogP) is 1.02. The number of carbonyl (C=O) groups excluding carboxylic acids is 2. The van der Waals surface area contributed by atoms with E-state index >= 15 is 0 Å². The first-order valence-electron chi connectivity index (χ1n) is 6.88. The normalized spacial score (nSPS) is 9.82. The molecule has 0 amide bonds. The molecule has 1 aromatic heterocycles. The number of hydrogen-bond donors (Lipinski definition) is 1. The van der Waals surface area contributed by atoms with Crippen molar-refractivity contribution in [1.82, 2.24) is 4.98 Å². The maximum absolute atomic E-state index is 11.9. The van der Waals surface area contributed by atoms with Crippen molar-refractivity contribution in [2.75, 3.05) is 25.2 Å². The highest BCUT2D eigenvalue weighted by molar-refractivity contribution is 6.14. The summed E-state index contributed by atoms with van der Waals surface area (Å²) < 4.78 is 9.72. The summed E-state index contributed by atoms with van der Waals surface area (Å²) in [6, 6.07) is 3.36. The molecule has 0 bridgehead atoms. The molecular weight excluding hydrogens is 288 g/mol. The molecule has 0 unspecified atom stereocenters. The zero-order valence-corrected chi connectivity index (χ0v) is 12.9. The average molecular weight is 308 g/mol. The number of carbonyl (C=O) groups is 2. The molecule has 22 heavy (non-hydrogen) atoms. The molecule has 120 valence electrons. The number of rotatable bonds is 7. The molecule has 0 aliphatic rings. The predicted molar refractivity (Wildman–Crippen MR) is 79.9 cm³/mol. The van der Waals surface area contributed by atoms with Crippen LogP contribution >= 0.6 is 0 Å². The maximum atomic E-state index is 11.9. The van der Waals surface area contributed by atoms with Crippen molar-refractivity contribution in [3.05, 3.63) is 35.8 Å². The molecular formula is C15H20N2O5. The van der Waals surface area contributed by atoms with Crippen molar-refractivity contribution in [1.29, 1.82) is 0 Å². The molecule has 1 aromatic rings. The van der Waals surface area contributed by atoms with Crippen molar-refractivity contribution in [3.63, 3.8) is 0 Å². The Kier molecular flexibility index (Phi) is 7.04. The number of aliphatic hydroxyl groups excluding tert-OH is 1. The zero-order valence-electron chi connectivity index (χ0n) is 12.9. The Hall–Kier alpha value is -2.41. The Balaban J connectivity index is 3.02. The molecule has 1 N–H and O–H groups in total. The van der Waals surface area contributed by atoms with Crippen LogP contribution in [0.25, 0.3) is 0 Å². The van der Waals surface area contributed by atoms with Gasteiger partial charge in [0.25, 0.3) is 0 Å². The molecule has 1 rings (SSSR count). The number of nitrogens with zero attached hydrogens (tertiary/aromatic N) is 2. The van der Waals surface area contributed by atoms with Crippen LogP contribution in [0.3, 0.4) is 0 Å². The van der Waals surface area contributed by atoms with Crippen LogP contribution in [0.1, 0.15) is 19.5 Å². The monoisotopic (exact) mass is 308 g/mol. The molecule has 0 saturated heterocycles. The van der Waals surface area contributed by atoms with Gasteiger partial charge in [0.15, 0.2) is 5.57 Å². The first-order chi connectivity index (χ1) is 10.5. The third kappa shape index (κ3) is 4.85. The van der Waals surface area contributed by atoms with Crippen molar-refractivity contribution >= 4 is 17.6 Å². The lowest BCUT2D eigenvalue weighted by molar-refractivity contribution is -0.146. The number of aliphatic hydroxyl groups is 1. The summed E-state index contributed by atoms with van der Waals surface area (Å²) in [6.45, 7) is 3.47. The summed E-state index contributed by atoms with van der Waals surface area (Å²) in [7, 11) is 1.66. The van der Waals surface area contributed by atoms with Gasteiger partial charge in [-0.15, -0.1) is 0 Å². The molecule has 0 atom stereocenters. The van der Waals surface area contributed by atoms with Gasteiger partial charge in [-0.1, -0.05) is 0 Å². The lowest BCUT2D eigenvalue weighted by Gasteiger charge is -2.16. The molecule has 0 radical (unpaired) electrons. The van der Waals surface area contributed by atoms with E-state index in [0.29, 0.717) is 11.4 Å². The van der Waals surface area contributed by atoms with Gasteiger partial charge in [0, 0.05) is 13.2 Å². The van der Waals surface area contributed by atoms with E-state index in [1.165, 1.54) is 12.4 Å². The third-order valence-electron chi connectivity index (χ3n) is 2.69. The van der Waals surface area contributed by atoms with Crippen molar-refractivity contribution in [2.24, 2.45) is 0 Å². The van der Waals surface area contributed by atoms with E-state index in [4.69, 9.17) is 14.6 Å². The van der Waals surface area contributed by atoms with Crippen LogP contribution in [-0.2, 0) is 25.7 Å². The van der Waals surface area contributed by atoms with Crippen LogP contribution in [-0.4, -0.2) is 42.3 Å². The Morgan fingerprint density at radius 2 is 1.82 bits per heavy atom. The molecule has 0 fully saturated rings. The van der Waals surface area contributed by atoms with Gasteiger partial charge in [-0.25, -0.2) is 9.59 Å². The smallest absolute Gasteiger partial charge is 0.347 e. The Labute approximate surface area is 129 Å². The number of ether oxygens (including phenoxy) is 2. The molecule has 0 aromatic carbocycles. The summed E-state index contributed by atoms with van der Waals surface area (Å²) in [5.74, 6) is -1.49. The third-order valence-corrected chi connectivity index (χ3v) is 2.69. The average Bonchev–Trinajstić information content (AvgIpc) is 2.52. The Morgan fingerprint density at radius 1 is 1.23 bits per heavy atom. The summed E-state index contributed by atoms with van der Waals surface area (Å²) in [5, 5.41) is 8.97. The SMILES string of the molecule is CCOC(=O)C(=CN(C)c1ccc(CO)nc1)C(=O)OCC. The minimum atomic E-state index is -0.743. The molecule has 0 aliphatic carbocycles. The number of pyridine rings is 1. The van der Waals surface area contributed by atoms with E-state index < -0.39 is 11.9 Å². The summed E-state index contributed by atoms with van der Waals surface area (Å²) >= 11 is 0. The van der Waals surface area contributed by atoms with Crippen molar-refractivity contribution < 1.29 is 24.2 Å². The highest BCUT2D eigenvalue weighted by atomic mass is 16.6. The van der Waals surface area contributed by atoms with E-state index in [1.54, 1.807) is 37.9 Å². The van der Waals surface area contributed by atoms with E-state index in [9.17, 15) is 9.59 Å². The second kappa shape index (κ2) is 8.78. The summed E-state index contributed by atoms with van der Waals surface area (Å²) in [6.07, 6.45) is 2.86. The topological polar surface area (TPSA) is 89.0 Å². The standard InChI is InChI=1S/C15H20N2O5/c1-4-21-14(19)13(15(20)22-5-2)9-17(3)12-7-6-11(10-18)16-8-12/h6-9,18H,4-5,10H2,1-3H3. The van der Waals surface area contributed by atoms with Crippen LogP contribution in [0, 0.1) is 0 Å². The minimum Gasteiger partial charge on any atom is -0.462 e. The van der Waals surface area contributed by atoms with Crippen LogP contribution in [0.15, 0.2) is 30.1 Å². The fourth-order valence-electron chi connectivity index (χ4n) is 1.59. The Morgan fingerprint density at radius 3 is 2.23 bits per heavy atom. The minimum absolute atomic E-state index is 0.156. The number of aromatic nitrogens is 1. The quantitative estimate of drug-likeness (QED) is 0.348. The first kappa shape index (κ1) is 17.6. The first-order valence-corrected chi connectivity index (χ1v) is 6.88. The van der Waals surface area contributed by atoms with Gasteiger partial charge >= 0.3 is 11.9 Å². The molecule has 7 heteroatoms. The van der Waals surface area contributed by atoms with Gasteiger partial charge in [0.2, 0.25) is 0 Å². The molecule has 7 nitrogen and oxygen atoms in total. The van der Waals surface area contributed by atoms with Crippen LogP contribution in [0.4, 0.5) is 5.69 Å². The Bertz CT molecular complexity index is 519. The summed E-state index contributed by atoms with van der Waals surface area (Å²) in [5.41, 5.74) is 0.970. The van der Waals surface area contributed by atoms with Crippen LogP contribution in [0.2, 0.25) is 0 Å². The number of hydrogen-bond acceptors (Lipinski definition) is 7. The van der Waals surface area contributed by atoms with Gasteiger partial charge in [-0.05, 0) is 26.0 Å². The lowest BCUT2D eigenvalue weighted by Crippen LogP contribution is -2.22.